The molecule has 26 heavy (non-hydrogen) atoms. The van der Waals surface area contributed by atoms with Crippen LogP contribution in [0.5, 0.6) is 0 Å². The summed E-state index contributed by atoms with van der Waals surface area (Å²) in [6.07, 6.45) is 4.73. The van der Waals surface area contributed by atoms with Crippen molar-refractivity contribution in [2.45, 2.75) is 0 Å². The monoisotopic (exact) mass is 363 g/mol. The summed E-state index contributed by atoms with van der Waals surface area (Å²) in [7, 11) is 0. The fourth-order valence-corrected chi connectivity index (χ4v) is 2.62. The molecule has 3 aromatic heterocycles. The lowest BCUT2D eigenvalue weighted by atomic mass is 10.2. The van der Waals surface area contributed by atoms with Gasteiger partial charge < -0.3 is 16.4 Å². The molecule has 1 aromatic carbocycles. The number of pyridine rings is 2. The highest BCUT2D eigenvalue weighted by Crippen LogP contribution is 2.30. The van der Waals surface area contributed by atoms with E-state index in [1.165, 1.54) is 6.33 Å². The van der Waals surface area contributed by atoms with E-state index in [1.54, 1.807) is 24.5 Å². The Morgan fingerprint density at radius 2 is 1.69 bits per heavy atom. The molecule has 128 valence electrons. The van der Waals surface area contributed by atoms with Gasteiger partial charge in [0.15, 0.2) is 11.6 Å². The van der Waals surface area contributed by atoms with Gasteiger partial charge in [0.25, 0.3) is 0 Å². The van der Waals surface area contributed by atoms with Crippen LogP contribution in [0.25, 0.3) is 10.9 Å². The summed E-state index contributed by atoms with van der Waals surface area (Å²) in [6, 6.07) is 13.2. The average Bonchev–Trinajstić information content (AvgIpc) is 2.67. The van der Waals surface area contributed by atoms with Crippen LogP contribution in [0.2, 0.25) is 5.02 Å². The lowest BCUT2D eigenvalue weighted by Gasteiger charge is -2.13. The maximum Gasteiger partial charge on any atom is 0.160 e. The zero-order valence-corrected chi connectivity index (χ0v) is 14.3. The topological polar surface area (TPSA) is 102 Å². The second kappa shape index (κ2) is 6.81. The lowest BCUT2D eigenvalue weighted by molar-refractivity contribution is 1.16. The zero-order valence-electron chi connectivity index (χ0n) is 13.5. The minimum absolute atomic E-state index is 0.380. The van der Waals surface area contributed by atoms with Gasteiger partial charge in [-0.05, 0) is 36.4 Å². The van der Waals surface area contributed by atoms with Crippen molar-refractivity contribution in [3.05, 3.63) is 66.2 Å². The molecule has 0 saturated heterocycles. The van der Waals surface area contributed by atoms with Gasteiger partial charge in [0, 0.05) is 23.5 Å². The minimum Gasteiger partial charge on any atom is -0.393 e. The minimum atomic E-state index is 0.380. The maximum atomic E-state index is 6.23. The molecule has 0 radical (unpaired) electrons. The van der Waals surface area contributed by atoms with Crippen LogP contribution < -0.4 is 16.4 Å². The number of hydrogen-bond acceptors (Lipinski definition) is 7. The van der Waals surface area contributed by atoms with Gasteiger partial charge >= 0.3 is 0 Å². The number of halogens is 1. The Bertz CT molecular complexity index is 1060. The van der Waals surface area contributed by atoms with Crippen molar-refractivity contribution >= 4 is 51.3 Å². The van der Waals surface area contributed by atoms with Crippen LogP contribution >= 0.6 is 11.6 Å². The van der Waals surface area contributed by atoms with E-state index in [9.17, 15) is 0 Å². The Balaban J connectivity index is 1.66. The quantitative estimate of drug-likeness (QED) is 0.500. The Morgan fingerprint density at radius 3 is 2.50 bits per heavy atom. The highest BCUT2D eigenvalue weighted by Gasteiger charge is 2.10. The number of nitrogens with zero attached hydrogens (tertiary/aromatic N) is 4. The molecule has 3 heterocycles. The van der Waals surface area contributed by atoms with Crippen molar-refractivity contribution in [1.29, 1.82) is 0 Å². The van der Waals surface area contributed by atoms with Gasteiger partial charge in [-0.1, -0.05) is 17.7 Å². The summed E-state index contributed by atoms with van der Waals surface area (Å²) in [4.78, 5) is 17.0. The fraction of sp³-hybridized carbons (Fsp3) is 0. The third kappa shape index (κ3) is 3.20. The van der Waals surface area contributed by atoms with E-state index in [1.807, 2.05) is 30.3 Å². The number of hydrogen-bond donors (Lipinski definition) is 3. The van der Waals surface area contributed by atoms with Crippen molar-refractivity contribution < 1.29 is 0 Å². The smallest absolute Gasteiger partial charge is 0.160 e. The Kier molecular flexibility index (Phi) is 4.20. The zero-order chi connectivity index (χ0) is 17.9. The summed E-state index contributed by atoms with van der Waals surface area (Å²) >= 11 is 5.85. The molecule has 0 unspecified atom stereocenters. The first kappa shape index (κ1) is 16.0. The van der Waals surface area contributed by atoms with Gasteiger partial charge in [-0.2, -0.15) is 0 Å². The van der Waals surface area contributed by atoms with Crippen molar-refractivity contribution in [2.75, 3.05) is 16.4 Å². The molecule has 0 saturated carbocycles. The second-order valence-corrected chi connectivity index (χ2v) is 5.91. The van der Waals surface area contributed by atoms with Gasteiger partial charge in [0.1, 0.15) is 17.8 Å². The van der Waals surface area contributed by atoms with Crippen LogP contribution in [0.4, 0.5) is 28.8 Å². The SMILES string of the molecule is Nc1c(Nc2ccc(Cl)cn2)ncnc1Nc1cccc2ncccc12. The Morgan fingerprint density at radius 1 is 0.846 bits per heavy atom. The van der Waals surface area contributed by atoms with E-state index in [2.05, 4.69) is 30.6 Å². The first-order valence-electron chi connectivity index (χ1n) is 7.80. The number of benzene rings is 1. The van der Waals surface area contributed by atoms with Crippen molar-refractivity contribution in [3.8, 4) is 0 Å². The van der Waals surface area contributed by atoms with Gasteiger partial charge in [0.05, 0.1) is 10.5 Å². The number of nitrogens with one attached hydrogen (secondary N) is 2. The Hall–Kier alpha value is -3.45. The van der Waals surface area contributed by atoms with E-state index < -0.39 is 0 Å². The van der Waals surface area contributed by atoms with Crippen LogP contribution in [-0.4, -0.2) is 19.9 Å². The molecule has 4 rings (SSSR count). The molecular formula is C18H14ClN7. The predicted octanol–water partition coefficient (Wildman–Crippen LogP) is 4.14. The van der Waals surface area contributed by atoms with E-state index in [0.29, 0.717) is 28.2 Å². The number of aromatic nitrogens is 4. The van der Waals surface area contributed by atoms with Crippen LogP contribution in [0, 0.1) is 0 Å². The molecule has 4 N–H and O–H groups in total. The summed E-state index contributed by atoms with van der Waals surface area (Å²) in [6.45, 7) is 0. The number of rotatable bonds is 4. The summed E-state index contributed by atoms with van der Waals surface area (Å²) in [5, 5.41) is 7.85. The van der Waals surface area contributed by atoms with Crippen LogP contribution in [0.1, 0.15) is 0 Å². The summed E-state index contributed by atoms with van der Waals surface area (Å²) in [5.74, 6) is 1.53. The summed E-state index contributed by atoms with van der Waals surface area (Å²) in [5.41, 5.74) is 8.35. The first-order chi connectivity index (χ1) is 12.7. The van der Waals surface area contributed by atoms with E-state index >= 15 is 0 Å². The average molecular weight is 364 g/mol. The van der Waals surface area contributed by atoms with Gasteiger partial charge in [-0.15, -0.1) is 0 Å². The van der Waals surface area contributed by atoms with Crippen LogP contribution in [0.15, 0.2) is 61.2 Å². The normalized spacial score (nSPS) is 10.7. The second-order valence-electron chi connectivity index (χ2n) is 5.47. The molecule has 0 fully saturated rings. The number of nitrogen functional groups attached to an aromatic ring is 1. The fourth-order valence-electron chi connectivity index (χ4n) is 2.51. The molecule has 0 atom stereocenters. The third-order valence-electron chi connectivity index (χ3n) is 3.76. The molecule has 0 aliphatic carbocycles. The lowest BCUT2D eigenvalue weighted by Crippen LogP contribution is -2.06. The molecule has 0 aliphatic rings. The highest BCUT2D eigenvalue weighted by atomic mass is 35.5. The molecule has 7 nitrogen and oxygen atoms in total. The predicted molar refractivity (Wildman–Crippen MR) is 104 cm³/mol. The molecule has 4 aromatic rings. The number of anilines is 5. The van der Waals surface area contributed by atoms with Crippen molar-refractivity contribution in [3.63, 3.8) is 0 Å². The van der Waals surface area contributed by atoms with E-state index in [-0.39, 0.29) is 0 Å². The standard InChI is InChI=1S/C18H14ClN7/c19-11-6-7-15(22-9-11)26-18-16(20)17(23-10-24-18)25-14-5-1-4-13-12(14)3-2-8-21-13/h1-10H,20H2,(H2,22,23,24,25,26). The van der Waals surface area contributed by atoms with Crippen LogP contribution in [-0.2, 0) is 0 Å². The van der Waals surface area contributed by atoms with Gasteiger partial charge in [0.2, 0.25) is 0 Å². The molecule has 0 bridgehead atoms. The highest BCUT2D eigenvalue weighted by molar-refractivity contribution is 6.30. The van der Waals surface area contributed by atoms with Crippen molar-refractivity contribution in [2.24, 2.45) is 0 Å². The third-order valence-corrected chi connectivity index (χ3v) is 3.98. The van der Waals surface area contributed by atoms with Crippen LogP contribution in [0.3, 0.4) is 0 Å². The maximum absolute atomic E-state index is 6.23. The Labute approximate surface area is 154 Å². The molecular weight excluding hydrogens is 350 g/mol. The molecule has 8 heteroatoms. The van der Waals surface area contributed by atoms with E-state index in [0.717, 1.165) is 16.6 Å². The molecule has 0 aliphatic heterocycles. The number of nitrogens with two attached hydrogens (primary N) is 1. The molecule has 0 spiro atoms. The van der Waals surface area contributed by atoms with Crippen molar-refractivity contribution in [1.82, 2.24) is 19.9 Å². The van der Waals surface area contributed by atoms with Gasteiger partial charge in [-0.25, -0.2) is 15.0 Å². The largest absolute Gasteiger partial charge is 0.393 e. The van der Waals surface area contributed by atoms with Gasteiger partial charge in [-0.3, -0.25) is 4.98 Å². The first-order valence-corrected chi connectivity index (χ1v) is 8.18. The number of fused-ring (bicyclic) bond motifs is 1. The summed E-state index contributed by atoms with van der Waals surface area (Å²) < 4.78 is 0. The molecule has 0 amide bonds. The van der Waals surface area contributed by atoms with E-state index in [4.69, 9.17) is 17.3 Å².